The number of methoxy groups -OCH3 is 1. The normalized spacial score (nSPS) is 9.77. The van der Waals surface area contributed by atoms with Crippen molar-refractivity contribution in [2.45, 2.75) is 20.3 Å². The number of Topliss-reactive ketones (excluding diaryl/α,β-unsaturated/α-hetero) is 1. The van der Waals surface area contributed by atoms with Crippen LogP contribution in [0, 0.1) is 0 Å². The molecule has 2 nitrogen and oxygen atoms in total. The van der Waals surface area contributed by atoms with E-state index >= 15 is 0 Å². The van der Waals surface area contributed by atoms with Crippen molar-refractivity contribution in [3.05, 3.63) is 29.3 Å². The molecule has 0 N–H and O–H groups in total. The van der Waals surface area contributed by atoms with Gasteiger partial charge in [-0.15, -0.1) is 0 Å². The van der Waals surface area contributed by atoms with Crippen molar-refractivity contribution in [1.29, 1.82) is 0 Å². The van der Waals surface area contributed by atoms with Gasteiger partial charge in [0.2, 0.25) is 0 Å². The van der Waals surface area contributed by atoms with Crippen LogP contribution in [0.4, 0.5) is 0 Å². The summed E-state index contributed by atoms with van der Waals surface area (Å²) in [5.74, 6) is 0.871. The quantitative estimate of drug-likeness (QED) is 0.664. The predicted octanol–water partition coefficient (Wildman–Crippen LogP) is 2.46. The summed E-state index contributed by atoms with van der Waals surface area (Å²) >= 11 is 0. The third-order valence-corrected chi connectivity index (χ3v) is 2.07. The summed E-state index contributed by atoms with van der Waals surface area (Å²) in [4.78, 5) is 11.1. The molecule has 0 radical (unpaired) electrons. The molecule has 0 aliphatic carbocycles. The zero-order valence-electron chi connectivity index (χ0n) is 8.26. The maximum Gasteiger partial charge on any atom is 0.159 e. The second-order valence-electron chi connectivity index (χ2n) is 2.94. The molecule has 0 aliphatic heterocycles. The van der Waals surface area contributed by atoms with E-state index < -0.39 is 0 Å². The van der Waals surface area contributed by atoms with Gasteiger partial charge in [-0.3, -0.25) is 4.79 Å². The van der Waals surface area contributed by atoms with Crippen LogP contribution in [0.3, 0.4) is 0 Å². The maximum absolute atomic E-state index is 11.1. The monoisotopic (exact) mass is 178 g/mol. The van der Waals surface area contributed by atoms with Gasteiger partial charge in [0, 0.05) is 5.56 Å². The van der Waals surface area contributed by atoms with E-state index in [4.69, 9.17) is 4.74 Å². The summed E-state index contributed by atoms with van der Waals surface area (Å²) in [6.45, 7) is 3.62. The third-order valence-electron chi connectivity index (χ3n) is 2.07. The van der Waals surface area contributed by atoms with E-state index in [-0.39, 0.29) is 5.78 Å². The second-order valence-corrected chi connectivity index (χ2v) is 2.94. The van der Waals surface area contributed by atoms with Crippen LogP contribution in [0.2, 0.25) is 0 Å². The first-order valence-corrected chi connectivity index (χ1v) is 4.37. The lowest BCUT2D eigenvalue weighted by molar-refractivity contribution is 0.101. The molecule has 0 amide bonds. The molecular weight excluding hydrogens is 164 g/mol. The van der Waals surface area contributed by atoms with Gasteiger partial charge < -0.3 is 4.74 Å². The fourth-order valence-electron chi connectivity index (χ4n) is 1.26. The highest BCUT2D eigenvalue weighted by atomic mass is 16.5. The van der Waals surface area contributed by atoms with Crippen molar-refractivity contribution >= 4 is 5.78 Å². The highest BCUT2D eigenvalue weighted by Crippen LogP contribution is 2.20. The van der Waals surface area contributed by atoms with Crippen molar-refractivity contribution in [3.8, 4) is 5.75 Å². The molecule has 0 aliphatic rings. The highest BCUT2D eigenvalue weighted by Gasteiger charge is 2.04. The first kappa shape index (κ1) is 9.78. The molecule has 13 heavy (non-hydrogen) atoms. The number of benzene rings is 1. The van der Waals surface area contributed by atoms with Gasteiger partial charge in [0.25, 0.3) is 0 Å². The Morgan fingerprint density at radius 2 is 2.15 bits per heavy atom. The Bertz CT molecular complexity index is 316. The molecule has 0 saturated heterocycles. The molecule has 0 heterocycles. The summed E-state index contributed by atoms with van der Waals surface area (Å²) in [5.41, 5.74) is 1.83. The Hall–Kier alpha value is -1.31. The zero-order chi connectivity index (χ0) is 9.84. The minimum absolute atomic E-state index is 0.0703. The second kappa shape index (κ2) is 4.08. The van der Waals surface area contributed by atoms with Crippen molar-refractivity contribution < 1.29 is 9.53 Å². The number of aryl methyl sites for hydroxylation is 1. The summed E-state index contributed by atoms with van der Waals surface area (Å²) in [5, 5.41) is 0. The van der Waals surface area contributed by atoms with Crippen molar-refractivity contribution in [2.24, 2.45) is 0 Å². The molecule has 1 aromatic rings. The van der Waals surface area contributed by atoms with Crippen LogP contribution in [-0.2, 0) is 6.42 Å². The van der Waals surface area contributed by atoms with E-state index in [1.807, 2.05) is 12.1 Å². The van der Waals surface area contributed by atoms with Crippen LogP contribution >= 0.6 is 0 Å². The van der Waals surface area contributed by atoms with Crippen LogP contribution in [-0.4, -0.2) is 12.9 Å². The van der Waals surface area contributed by atoms with Gasteiger partial charge >= 0.3 is 0 Å². The molecule has 0 unspecified atom stereocenters. The number of hydrogen-bond donors (Lipinski definition) is 0. The van der Waals surface area contributed by atoms with Gasteiger partial charge in [-0.25, -0.2) is 0 Å². The van der Waals surface area contributed by atoms with Crippen molar-refractivity contribution in [2.75, 3.05) is 7.11 Å². The number of ether oxygens (including phenoxy) is 1. The minimum atomic E-state index is 0.0703. The van der Waals surface area contributed by atoms with Gasteiger partial charge in [-0.05, 0) is 25.0 Å². The van der Waals surface area contributed by atoms with Crippen molar-refractivity contribution in [1.82, 2.24) is 0 Å². The number of rotatable bonds is 3. The fourth-order valence-corrected chi connectivity index (χ4v) is 1.26. The van der Waals surface area contributed by atoms with E-state index in [1.54, 1.807) is 20.1 Å². The average Bonchev–Trinajstić information content (AvgIpc) is 2.16. The van der Waals surface area contributed by atoms with Gasteiger partial charge in [-0.2, -0.15) is 0 Å². The number of ketones is 1. The Labute approximate surface area is 78.5 Å². The topological polar surface area (TPSA) is 26.3 Å². The highest BCUT2D eigenvalue weighted by molar-refractivity contribution is 5.94. The number of carbonyl (C=O) groups is 1. The largest absolute Gasteiger partial charge is 0.496 e. The maximum atomic E-state index is 11.1. The predicted molar refractivity (Wildman–Crippen MR) is 52.4 cm³/mol. The van der Waals surface area contributed by atoms with Gasteiger partial charge in [-0.1, -0.05) is 19.1 Å². The summed E-state index contributed by atoms with van der Waals surface area (Å²) < 4.78 is 5.17. The molecule has 0 saturated carbocycles. The van der Waals surface area contributed by atoms with Gasteiger partial charge in [0.15, 0.2) is 5.78 Å². The van der Waals surface area contributed by atoms with Gasteiger partial charge in [0.05, 0.1) is 7.11 Å². The third kappa shape index (κ3) is 2.08. The van der Waals surface area contributed by atoms with E-state index in [0.717, 1.165) is 17.7 Å². The van der Waals surface area contributed by atoms with Crippen LogP contribution in [0.15, 0.2) is 18.2 Å². The standard InChI is InChI=1S/C11H14O2/c1-4-9-5-6-10(8(2)12)7-11(9)13-3/h5-7H,4H2,1-3H3. The molecule has 2 heteroatoms. The average molecular weight is 178 g/mol. The Morgan fingerprint density at radius 1 is 1.46 bits per heavy atom. The summed E-state index contributed by atoms with van der Waals surface area (Å²) in [6, 6.07) is 5.57. The minimum Gasteiger partial charge on any atom is -0.496 e. The lowest BCUT2D eigenvalue weighted by Gasteiger charge is -2.07. The summed E-state index contributed by atoms with van der Waals surface area (Å²) in [6.07, 6.45) is 0.918. The lowest BCUT2D eigenvalue weighted by atomic mass is 10.1. The molecule has 0 aromatic heterocycles. The molecule has 0 spiro atoms. The number of carbonyl (C=O) groups excluding carboxylic acids is 1. The summed E-state index contributed by atoms with van der Waals surface area (Å²) in [7, 11) is 1.62. The zero-order valence-corrected chi connectivity index (χ0v) is 8.26. The molecular formula is C11H14O2. The lowest BCUT2D eigenvalue weighted by Crippen LogP contribution is -1.96. The van der Waals surface area contributed by atoms with Gasteiger partial charge in [0.1, 0.15) is 5.75 Å². The van der Waals surface area contributed by atoms with Crippen molar-refractivity contribution in [3.63, 3.8) is 0 Å². The molecule has 0 atom stereocenters. The van der Waals surface area contributed by atoms with Crippen LogP contribution in [0.1, 0.15) is 29.8 Å². The Morgan fingerprint density at radius 3 is 2.62 bits per heavy atom. The van der Waals surface area contributed by atoms with E-state index in [2.05, 4.69) is 6.92 Å². The van der Waals surface area contributed by atoms with E-state index in [1.165, 1.54) is 0 Å². The Balaban J connectivity index is 3.13. The van der Waals surface area contributed by atoms with Crippen LogP contribution < -0.4 is 4.74 Å². The number of hydrogen-bond acceptors (Lipinski definition) is 2. The smallest absolute Gasteiger partial charge is 0.159 e. The first-order valence-electron chi connectivity index (χ1n) is 4.37. The first-order chi connectivity index (χ1) is 6.19. The van der Waals surface area contributed by atoms with E-state index in [9.17, 15) is 4.79 Å². The molecule has 1 rings (SSSR count). The van der Waals surface area contributed by atoms with E-state index in [0.29, 0.717) is 5.56 Å². The molecule has 70 valence electrons. The SMILES string of the molecule is CCc1ccc(C(C)=O)cc1OC. The van der Waals surface area contributed by atoms with Crippen LogP contribution in [0.25, 0.3) is 0 Å². The molecule has 0 bridgehead atoms. The molecule has 0 fully saturated rings. The van der Waals surface area contributed by atoms with Crippen LogP contribution in [0.5, 0.6) is 5.75 Å². The fraction of sp³-hybridized carbons (Fsp3) is 0.364. The Kier molecular flexibility index (Phi) is 3.07. The molecule has 1 aromatic carbocycles.